The van der Waals surface area contributed by atoms with Crippen LogP contribution >= 0.6 is 0 Å². The molecule has 3 rings (SSSR count). The van der Waals surface area contributed by atoms with Crippen molar-refractivity contribution in [2.75, 3.05) is 0 Å². The quantitative estimate of drug-likeness (QED) is 0.777. The number of H-pyrrole nitrogens is 1. The van der Waals surface area contributed by atoms with Crippen molar-refractivity contribution in [3.05, 3.63) is 59.4 Å². The number of fused-ring (bicyclic) bond motifs is 1. The molecule has 0 radical (unpaired) electrons. The molecule has 2 N–H and O–H groups in total. The number of aromatic nitrogens is 2. The fraction of sp³-hybridized carbons (Fsp3) is 0.188. The minimum Gasteiger partial charge on any atom is -0.341 e. The number of aryl methyl sites for hydroxylation is 2. The molecule has 0 amide bonds. The zero-order valence-corrected chi connectivity index (χ0v) is 13.2. The van der Waals surface area contributed by atoms with Gasteiger partial charge in [-0.3, -0.25) is 0 Å². The minimum atomic E-state index is -3.55. The molecule has 0 aliphatic carbocycles. The van der Waals surface area contributed by atoms with Crippen molar-refractivity contribution in [3.8, 4) is 0 Å². The highest BCUT2D eigenvalue weighted by Crippen LogP contribution is 2.17. The monoisotopic (exact) mass is 315 g/mol. The van der Waals surface area contributed by atoms with Crippen molar-refractivity contribution in [1.82, 2.24) is 14.7 Å². The number of rotatable bonds is 4. The molecular formula is C16H17N3O2S. The van der Waals surface area contributed by atoms with Gasteiger partial charge in [-0.15, -0.1) is 0 Å². The molecule has 3 aromatic rings. The molecule has 1 aromatic heterocycles. The Bertz CT molecular complexity index is 896. The summed E-state index contributed by atoms with van der Waals surface area (Å²) in [7, 11) is -3.55. The lowest BCUT2D eigenvalue weighted by molar-refractivity contribution is 0.579. The topological polar surface area (TPSA) is 74.8 Å². The first-order valence-electron chi connectivity index (χ1n) is 6.96. The maximum absolute atomic E-state index is 12.4. The summed E-state index contributed by atoms with van der Waals surface area (Å²) in [6.07, 6.45) is 0. The van der Waals surface area contributed by atoms with Crippen molar-refractivity contribution in [2.45, 2.75) is 25.3 Å². The Morgan fingerprint density at radius 3 is 2.64 bits per heavy atom. The van der Waals surface area contributed by atoms with E-state index < -0.39 is 10.0 Å². The summed E-state index contributed by atoms with van der Waals surface area (Å²) >= 11 is 0. The van der Waals surface area contributed by atoms with E-state index >= 15 is 0 Å². The predicted octanol–water partition coefficient (Wildman–Crippen LogP) is 2.66. The van der Waals surface area contributed by atoms with Crippen LogP contribution in [0.5, 0.6) is 0 Å². The maximum Gasteiger partial charge on any atom is 0.241 e. The van der Waals surface area contributed by atoms with Crippen LogP contribution in [-0.4, -0.2) is 18.4 Å². The first-order chi connectivity index (χ1) is 10.5. The van der Waals surface area contributed by atoms with Crippen LogP contribution in [0.3, 0.4) is 0 Å². The molecule has 0 spiro atoms. The van der Waals surface area contributed by atoms with Gasteiger partial charge in [0, 0.05) is 0 Å². The largest absolute Gasteiger partial charge is 0.341 e. The van der Waals surface area contributed by atoms with Crippen LogP contribution in [0.1, 0.15) is 17.0 Å². The predicted molar refractivity (Wildman–Crippen MR) is 86.0 cm³/mol. The molecular weight excluding hydrogens is 298 g/mol. The number of nitrogens with one attached hydrogen (secondary N) is 2. The Hall–Kier alpha value is -2.18. The highest BCUT2D eigenvalue weighted by atomic mass is 32.2. The Morgan fingerprint density at radius 2 is 1.91 bits per heavy atom. The van der Waals surface area contributed by atoms with Gasteiger partial charge in [0.25, 0.3) is 0 Å². The van der Waals surface area contributed by atoms with Crippen molar-refractivity contribution in [1.29, 1.82) is 0 Å². The third kappa shape index (κ3) is 2.88. The molecule has 0 atom stereocenters. The van der Waals surface area contributed by atoms with Gasteiger partial charge in [0.05, 0.1) is 22.5 Å². The normalized spacial score (nSPS) is 11.9. The van der Waals surface area contributed by atoms with Crippen LogP contribution in [0.25, 0.3) is 11.0 Å². The van der Waals surface area contributed by atoms with Crippen LogP contribution < -0.4 is 4.72 Å². The second kappa shape index (κ2) is 5.55. The third-order valence-corrected chi connectivity index (χ3v) is 5.05. The third-order valence-electron chi connectivity index (χ3n) is 3.49. The summed E-state index contributed by atoms with van der Waals surface area (Å²) < 4.78 is 27.4. The maximum atomic E-state index is 12.4. The van der Waals surface area contributed by atoms with Crippen molar-refractivity contribution < 1.29 is 8.42 Å². The SMILES string of the molecule is Cc1ccc(S(=O)(=O)NCc2nc3ccccc3[nH]2)c(C)c1. The summed E-state index contributed by atoms with van der Waals surface area (Å²) in [4.78, 5) is 7.77. The van der Waals surface area contributed by atoms with Crippen LogP contribution in [-0.2, 0) is 16.6 Å². The van der Waals surface area contributed by atoms with Gasteiger partial charge < -0.3 is 4.98 Å². The number of para-hydroxylation sites is 2. The Morgan fingerprint density at radius 1 is 1.14 bits per heavy atom. The van der Waals surface area contributed by atoms with Crippen LogP contribution in [0.2, 0.25) is 0 Å². The van der Waals surface area contributed by atoms with Crippen LogP contribution in [0, 0.1) is 13.8 Å². The number of hydrogen-bond acceptors (Lipinski definition) is 3. The standard InChI is InChI=1S/C16H17N3O2S/c1-11-7-8-15(12(2)9-11)22(20,21)17-10-16-18-13-5-3-4-6-14(13)19-16/h3-9,17H,10H2,1-2H3,(H,18,19). The van der Waals surface area contributed by atoms with Gasteiger partial charge in [0.1, 0.15) is 5.82 Å². The van der Waals surface area contributed by atoms with E-state index in [0.717, 1.165) is 22.2 Å². The van der Waals surface area contributed by atoms with E-state index in [1.807, 2.05) is 37.3 Å². The Balaban J connectivity index is 1.82. The van der Waals surface area contributed by atoms with Crippen molar-refractivity contribution in [2.24, 2.45) is 0 Å². The van der Waals surface area contributed by atoms with Crippen LogP contribution in [0.4, 0.5) is 0 Å². The molecule has 2 aromatic carbocycles. The lowest BCUT2D eigenvalue weighted by atomic mass is 10.2. The molecule has 0 bridgehead atoms. The second-order valence-corrected chi connectivity index (χ2v) is 7.03. The first-order valence-corrected chi connectivity index (χ1v) is 8.44. The van der Waals surface area contributed by atoms with E-state index in [4.69, 9.17) is 0 Å². The van der Waals surface area contributed by atoms with Gasteiger partial charge in [-0.25, -0.2) is 18.1 Å². The lowest BCUT2D eigenvalue weighted by Gasteiger charge is -2.09. The molecule has 0 aliphatic heterocycles. The first kappa shape index (κ1) is 14.7. The minimum absolute atomic E-state index is 0.129. The van der Waals surface area contributed by atoms with Gasteiger partial charge in [-0.1, -0.05) is 29.8 Å². The van der Waals surface area contributed by atoms with Gasteiger partial charge in [0.15, 0.2) is 0 Å². The van der Waals surface area contributed by atoms with E-state index in [-0.39, 0.29) is 6.54 Å². The number of sulfonamides is 1. The molecule has 0 unspecified atom stereocenters. The Kier molecular flexibility index (Phi) is 3.72. The number of aromatic amines is 1. The molecule has 6 heteroatoms. The molecule has 22 heavy (non-hydrogen) atoms. The fourth-order valence-electron chi connectivity index (χ4n) is 2.43. The number of nitrogens with zero attached hydrogens (tertiary/aromatic N) is 1. The average Bonchev–Trinajstić information content (AvgIpc) is 2.87. The van der Waals surface area contributed by atoms with E-state index in [0.29, 0.717) is 10.7 Å². The summed E-state index contributed by atoms with van der Waals surface area (Å²) in [5, 5.41) is 0. The smallest absolute Gasteiger partial charge is 0.241 e. The van der Waals surface area contributed by atoms with Crippen molar-refractivity contribution in [3.63, 3.8) is 0 Å². The van der Waals surface area contributed by atoms with E-state index in [1.165, 1.54) is 0 Å². The summed E-state index contributed by atoms with van der Waals surface area (Å²) in [6, 6.07) is 12.9. The number of benzene rings is 2. The Labute approximate surface area is 129 Å². The van der Waals surface area contributed by atoms with Crippen molar-refractivity contribution >= 4 is 21.1 Å². The van der Waals surface area contributed by atoms with Gasteiger partial charge >= 0.3 is 0 Å². The molecule has 5 nitrogen and oxygen atoms in total. The van der Waals surface area contributed by atoms with Gasteiger partial charge in [-0.05, 0) is 37.6 Å². The average molecular weight is 315 g/mol. The zero-order valence-electron chi connectivity index (χ0n) is 12.4. The highest BCUT2D eigenvalue weighted by Gasteiger charge is 2.17. The summed E-state index contributed by atoms with van der Waals surface area (Å²) in [5.41, 5.74) is 3.48. The molecule has 0 aliphatic rings. The molecule has 0 fully saturated rings. The number of imidazole rings is 1. The zero-order chi connectivity index (χ0) is 15.7. The van der Waals surface area contributed by atoms with E-state index in [2.05, 4.69) is 14.7 Å². The van der Waals surface area contributed by atoms with E-state index in [1.54, 1.807) is 19.1 Å². The summed E-state index contributed by atoms with van der Waals surface area (Å²) in [5.74, 6) is 0.592. The molecule has 0 saturated carbocycles. The van der Waals surface area contributed by atoms with Gasteiger partial charge in [0.2, 0.25) is 10.0 Å². The summed E-state index contributed by atoms with van der Waals surface area (Å²) in [6.45, 7) is 3.86. The fourth-order valence-corrected chi connectivity index (χ4v) is 3.64. The van der Waals surface area contributed by atoms with Crippen LogP contribution in [0.15, 0.2) is 47.4 Å². The molecule has 1 heterocycles. The van der Waals surface area contributed by atoms with E-state index in [9.17, 15) is 8.42 Å². The van der Waals surface area contributed by atoms with Gasteiger partial charge in [-0.2, -0.15) is 0 Å². The highest BCUT2D eigenvalue weighted by molar-refractivity contribution is 7.89. The number of hydrogen-bond donors (Lipinski definition) is 2. The molecule has 114 valence electrons. The second-order valence-electron chi connectivity index (χ2n) is 5.29. The lowest BCUT2D eigenvalue weighted by Crippen LogP contribution is -2.24. The molecule has 0 saturated heterocycles.